The van der Waals surface area contributed by atoms with Crippen LogP contribution in [0, 0.1) is 5.82 Å². The number of hydrogen-bond donors (Lipinski definition) is 1. The van der Waals surface area contributed by atoms with E-state index >= 15 is 0 Å². The third-order valence-corrected chi connectivity index (χ3v) is 2.36. The first-order valence-electron chi connectivity index (χ1n) is 4.34. The Kier molecular flexibility index (Phi) is 2.56. The molecule has 0 radical (unpaired) electrons. The van der Waals surface area contributed by atoms with E-state index in [1.54, 1.807) is 18.2 Å². The summed E-state index contributed by atoms with van der Waals surface area (Å²) in [6.07, 6.45) is 1.51. The average Bonchev–Trinajstić information content (AvgIpc) is 2.17. The highest BCUT2D eigenvalue weighted by atomic mass is 35.5. The molecule has 0 aliphatic carbocycles. The summed E-state index contributed by atoms with van der Waals surface area (Å²) in [6, 6.07) is 7.71. The van der Waals surface area contributed by atoms with Gasteiger partial charge in [0, 0.05) is 11.8 Å². The zero-order valence-electron chi connectivity index (χ0n) is 7.74. The van der Waals surface area contributed by atoms with Crippen LogP contribution in [0.2, 0.25) is 5.02 Å². The second kappa shape index (κ2) is 3.87. The van der Waals surface area contributed by atoms with Gasteiger partial charge in [-0.15, -0.1) is 0 Å². The van der Waals surface area contributed by atoms with Gasteiger partial charge in [0.25, 0.3) is 0 Å². The second-order valence-electron chi connectivity index (χ2n) is 3.06. The molecule has 1 aromatic heterocycles. The van der Waals surface area contributed by atoms with Crippen molar-refractivity contribution in [2.75, 3.05) is 5.73 Å². The van der Waals surface area contributed by atoms with Crippen molar-refractivity contribution in [2.24, 2.45) is 0 Å². The van der Waals surface area contributed by atoms with Gasteiger partial charge in [0.1, 0.15) is 11.6 Å². The molecular formula is C11H8ClFN2. The van der Waals surface area contributed by atoms with Crippen molar-refractivity contribution in [3.63, 3.8) is 0 Å². The van der Waals surface area contributed by atoms with Gasteiger partial charge < -0.3 is 5.73 Å². The highest BCUT2D eigenvalue weighted by Gasteiger charge is 2.08. The predicted octanol–water partition coefficient (Wildman–Crippen LogP) is 3.12. The Morgan fingerprint density at radius 1 is 1.27 bits per heavy atom. The molecule has 4 heteroatoms. The highest BCUT2D eigenvalue weighted by Crippen LogP contribution is 2.31. The van der Waals surface area contributed by atoms with Crippen LogP contribution in [0.4, 0.5) is 10.2 Å². The number of nitrogens with zero attached hydrogens (tertiary/aromatic N) is 1. The van der Waals surface area contributed by atoms with E-state index in [0.717, 1.165) is 0 Å². The number of aromatic nitrogens is 1. The molecule has 2 nitrogen and oxygen atoms in total. The predicted molar refractivity (Wildman–Crippen MR) is 59.1 cm³/mol. The monoisotopic (exact) mass is 222 g/mol. The number of halogens is 2. The van der Waals surface area contributed by atoms with E-state index in [0.29, 0.717) is 22.0 Å². The Hall–Kier alpha value is -1.61. The van der Waals surface area contributed by atoms with Gasteiger partial charge in [-0.1, -0.05) is 23.7 Å². The van der Waals surface area contributed by atoms with Crippen LogP contribution < -0.4 is 5.73 Å². The third-order valence-electron chi connectivity index (χ3n) is 2.04. The number of benzene rings is 1. The lowest BCUT2D eigenvalue weighted by Crippen LogP contribution is -1.94. The number of rotatable bonds is 1. The Morgan fingerprint density at radius 3 is 2.73 bits per heavy atom. The maximum absolute atomic E-state index is 13.0. The Bertz CT molecular complexity index is 479. The van der Waals surface area contributed by atoms with E-state index in [-0.39, 0.29) is 5.82 Å². The molecule has 15 heavy (non-hydrogen) atoms. The van der Waals surface area contributed by atoms with Crippen LogP contribution in [-0.2, 0) is 0 Å². The molecule has 0 saturated carbocycles. The number of anilines is 1. The topological polar surface area (TPSA) is 38.9 Å². The van der Waals surface area contributed by atoms with Crippen molar-refractivity contribution in [3.8, 4) is 11.1 Å². The fourth-order valence-electron chi connectivity index (χ4n) is 1.38. The molecule has 0 spiro atoms. The lowest BCUT2D eigenvalue weighted by Gasteiger charge is -2.06. The minimum absolute atomic E-state index is 0.299. The van der Waals surface area contributed by atoms with Crippen molar-refractivity contribution in [3.05, 3.63) is 47.4 Å². The largest absolute Gasteiger partial charge is 0.383 e. The Morgan fingerprint density at radius 2 is 2.07 bits per heavy atom. The average molecular weight is 223 g/mol. The van der Waals surface area contributed by atoms with Crippen molar-refractivity contribution >= 4 is 17.4 Å². The minimum Gasteiger partial charge on any atom is -0.383 e. The molecule has 0 aliphatic heterocycles. The number of nitrogens with two attached hydrogens (primary N) is 1. The zero-order valence-corrected chi connectivity index (χ0v) is 8.50. The molecule has 0 unspecified atom stereocenters. The molecule has 2 rings (SSSR count). The first-order valence-corrected chi connectivity index (χ1v) is 4.72. The number of nitrogen functional groups attached to an aromatic ring is 1. The molecular weight excluding hydrogens is 215 g/mol. The van der Waals surface area contributed by atoms with Crippen LogP contribution in [0.3, 0.4) is 0 Å². The van der Waals surface area contributed by atoms with E-state index in [1.165, 1.54) is 18.3 Å². The maximum Gasteiger partial charge on any atom is 0.132 e. The van der Waals surface area contributed by atoms with E-state index in [1.807, 2.05) is 0 Å². The van der Waals surface area contributed by atoms with Gasteiger partial charge in [0.2, 0.25) is 0 Å². The normalized spacial score (nSPS) is 10.3. The maximum atomic E-state index is 13.0. The van der Waals surface area contributed by atoms with Gasteiger partial charge >= 0.3 is 0 Å². The van der Waals surface area contributed by atoms with Gasteiger partial charge in [-0.25, -0.2) is 9.37 Å². The van der Waals surface area contributed by atoms with Gasteiger partial charge in [0.15, 0.2) is 0 Å². The van der Waals surface area contributed by atoms with Crippen LogP contribution >= 0.6 is 11.6 Å². The minimum atomic E-state index is -0.327. The zero-order chi connectivity index (χ0) is 10.8. The fraction of sp³-hybridized carbons (Fsp3) is 0. The van der Waals surface area contributed by atoms with E-state index in [9.17, 15) is 4.39 Å². The van der Waals surface area contributed by atoms with Gasteiger partial charge in [-0.3, -0.25) is 0 Å². The molecule has 1 aromatic carbocycles. The van der Waals surface area contributed by atoms with Gasteiger partial charge in [-0.2, -0.15) is 0 Å². The Balaban J connectivity index is 2.63. The molecule has 2 N–H and O–H groups in total. The highest BCUT2D eigenvalue weighted by molar-refractivity contribution is 6.33. The van der Waals surface area contributed by atoms with E-state index in [4.69, 9.17) is 17.3 Å². The van der Waals surface area contributed by atoms with Crippen molar-refractivity contribution in [1.29, 1.82) is 0 Å². The third kappa shape index (κ3) is 1.92. The first kappa shape index (κ1) is 9.93. The Labute approximate surface area is 91.5 Å². The number of pyridine rings is 1. The van der Waals surface area contributed by atoms with Crippen LogP contribution in [0.1, 0.15) is 0 Å². The molecule has 0 bridgehead atoms. The molecule has 0 fully saturated rings. The van der Waals surface area contributed by atoms with Gasteiger partial charge in [0.05, 0.1) is 5.02 Å². The van der Waals surface area contributed by atoms with Gasteiger partial charge in [-0.05, 0) is 23.8 Å². The number of hydrogen-bond acceptors (Lipinski definition) is 2. The first-order chi connectivity index (χ1) is 7.18. The quantitative estimate of drug-likeness (QED) is 0.805. The van der Waals surface area contributed by atoms with E-state index in [2.05, 4.69) is 4.98 Å². The summed E-state index contributed by atoms with van der Waals surface area (Å²) in [6.45, 7) is 0. The molecule has 0 aliphatic rings. The summed E-state index contributed by atoms with van der Waals surface area (Å²) in [5.74, 6) is -0.0279. The molecule has 0 saturated heterocycles. The molecule has 76 valence electrons. The van der Waals surface area contributed by atoms with Crippen LogP contribution in [-0.4, -0.2) is 4.98 Å². The molecule has 2 aromatic rings. The van der Waals surface area contributed by atoms with Crippen molar-refractivity contribution in [2.45, 2.75) is 0 Å². The van der Waals surface area contributed by atoms with E-state index < -0.39 is 0 Å². The standard InChI is InChI=1S/C11H8ClFN2/c12-9-4-5-15-11(14)10(9)7-2-1-3-8(13)6-7/h1-6H,(H2,14,15). The van der Waals surface area contributed by atoms with Crippen molar-refractivity contribution in [1.82, 2.24) is 4.98 Å². The molecule has 0 amide bonds. The van der Waals surface area contributed by atoms with Crippen LogP contribution in [0.25, 0.3) is 11.1 Å². The summed E-state index contributed by atoms with van der Waals surface area (Å²) >= 11 is 5.97. The summed E-state index contributed by atoms with van der Waals surface area (Å²) in [5, 5.41) is 0.466. The fourth-order valence-corrected chi connectivity index (χ4v) is 1.65. The molecule has 1 heterocycles. The SMILES string of the molecule is Nc1nccc(Cl)c1-c1cccc(F)c1. The summed E-state index contributed by atoms with van der Waals surface area (Å²) in [4.78, 5) is 3.92. The van der Waals surface area contributed by atoms with Crippen LogP contribution in [0.15, 0.2) is 36.5 Å². The second-order valence-corrected chi connectivity index (χ2v) is 3.47. The summed E-state index contributed by atoms with van der Waals surface area (Å²) in [5.41, 5.74) is 6.88. The van der Waals surface area contributed by atoms with Crippen LogP contribution in [0.5, 0.6) is 0 Å². The lowest BCUT2D eigenvalue weighted by atomic mass is 10.1. The molecule has 0 atom stereocenters. The van der Waals surface area contributed by atoms with Crippen molar-refractivity contribution < 1.29 is 4.39 Å². The summed E-state index contributed by atoms with van der Waals surface area (Å²) in [7, 11) is 0. The smallest absolute Gasteiger partial charge is 0.132 e. The lowest BCUT2D eigenvalue weighted by molar-refractivity contribution is 0.628. The summed E-state index contributed by atoms with van der Waals surface area (Å²) < 4.78 is 13.0.